The van der Waals surface area contributed by atoms with Gasteiger partial charge in [0.2, 0.25) is 10.0 Å². The van der Waals surface area contributed by atoms with Crippen LogP contribution in [0.3, 0.4) is 0 Å². The number of rotatable bonds is 4. The van der Waals surface area contributed by atoms with E-state index in [1.807, 2.05) is 23.4 Å². The van der Waals surface area contributed by atoms with E-state index in [4.69, 9.17) is 0 Å². The van der Waals surface area contributed by atoms with Crippen LogP contribution in [0.2, 0.25) is 0 Å². The SMILES string of the molecule is Cc1ccc(S(=O)(=O)N(C2CC2)C2CCN(C)CC2)cc1. The standard InChI is InChI=1S/C16H24N2O2S/c1-13-3-7-16(8-4-13)21(19,20)18(14-5-6-14)15-9-11-17(2)12-10-15/h3-4,7-8,14-15H,5-6,9-12H2,1-2H3. The molecule has 2 fully saturated rings. The van der Waals surface area contributed by atoms with Crippen LogP contribution < -0.4 is 0 Å². The van der Waals surface area contributed by atoms with Gasteiger partial charge in [-0.05, 0) is 64.9 Å². The second kappa shape index (κ2) is 5.71. The number of hydrogen-bond acceptors (Lipinski definition) is 3. The fraction of sp³-hybridized carbons (Fsp3) is 0.625. The minimum Gasteiger partial charge on any atom is -0.306 e. The molecule has 5 heteroatoms. The van der Waals surface area contributed by atoms with Gasteiger partial charge in [0.1, 0.15) is 0 Å². The smallest absolute Gasteiger partial charge is 0.243 e. The van der Waals surface area contributed by atoms with Gasteiger partial charge in [-0.3, -0.25) is 0 Å². The molecule has 1 aliphatic carbocycles. The molecule has 0 aromatic heterocycles. The first kappa shape index (κ1) is 15.0. The number of likely N-dealkylation sites (tertiary alicyclic amines) is 1. The molecule has 0 unspecified atom stereocenters. The average molecular weight is 308 g/mol. The Morgan fingerprint density at radius 3 is 2.05 bits per heavy atom. The van der Waals surface area contributed by atoms with Crippen molar-refractivity contribution in [1.82, 2.24) is 9.21 Å². The summed E-state index contributed by atoms with van der Waals surface area (Å²) in [5.41, 5.74) is 1.09. The van der Waals surface area contributed by atoms with Gasteiger partial charge >= 0.3 is 0 Å². The van der Waals surface area contributed by atoms with Crippen LogP contribution in [-0.2, 0) is 10.0 Å². The lowest BCUT2D eigenvalue weighted by Gasteiger charge is -2.36. The van der Waals surface area contributed by atoms with Gasteiger partial charge < -0.3 is 4.90 Å². The minimum absolute atomic E-state index is 0.167. The van der Waals surface area contributed by atoms with Crippen molar-refractivity contribution < 1.29 is 8.42 Å². The van der Waals surface area contributed by atoms with Crippen molar-refractivity contribution >= 4 is 10.0 Å². The van der Waals surface area contributed by atoms with Crippen LogP contribution in [0.4, 0.5) is 0 Å². The van der Waals surface area contributed by atoms with Gasteiger partial charge in [-0.15, -0.1) is 0 Å². The Labute approximate surface area is 127 Å². The van der Waals surface area contributed by atoms with Crippen LogP contribution >= 0.6 is 0 Å². The first-order chi connectivity index (χ1) is 9.98. The summed E-state index contributed by atoms with van der Waals surface area (Å²) in [5, 5.41) is 0. The number of benzene rings is 1. The number of nitrogens with zero attached hydrogens (tertiary/aromatic N) is 2. The zero-order valence-corrected chi connectivity index (χ0v) is 13.6. The maximum absolute atomic E-state index is 13.0. The molecule has 1 aliphatic heterocycles. The maximum Gasteiger partial charge on any atom is 0.243 e. The number of hydrogen-bond donors (Lipinski definition) is 0. The molecule has 1 aromatic carbocycles. The lowest BCUT2D eigenvalue weighted by atomic mass is 10.1. The monoisotopic (exact) mass is 308 g/mol. The Hall–Kier alpha value is -0.910. The molecule has 0 amide bonds. The van der Waals surface area contributed by atoms with Gasteiger partial charge in [-0.25, -0.2) is 8.42 Å². The number of aryl methyl sites for hydroxylation is 1. The summed E-state index contributed by atoms with van der Waals surface area (Å²) in [7, 11) is -1.25. The van der Waals surface area contributed by atoms with E-state index in [-0.39, 0.29) is 12.1 Å². The van der Waals surface area contributed by atoms with Crippen molar-refractivity contribution in [3.05, 3.63) is 29.8 Å². The topological polar surface area (TPSA) is 40.6 Å². The van der Waals surface area contributed by atoms with Gasteiger partial charge in [0.15, 0.2) is 0 Å². The van der Waals surface area contributed by atoms with E-state index in [0.29, 0.717) is 4.90 Å². The molecule has 2 aliphatic rings. The van der Waals surface area contributed by atoms with E-state index in [9.17, 15) is 8.42 Å². The molecule has 3 rings (SSSR count). The molecule has 1 heterocycles. The zero-order chi connectivity index (χ0) is 15.0. The van der Waals surface area contributed by atoms with Crippen molar-refractivity contribution in [2.45, 2.75) is 49.6 Å². The van der Waals surface area contributed by atoms with Crippen molar-refractivity contribution in [3.8, 4) is 0 Å². The summed E-state index contributed by atoms with van der Waals surface area (Å²) in [6.45, 7) is 3.95. The van der Waals surface area contributed by atoms with Gasteiger partial charge in [0, 0.05) is 12.1 Å². The maximum atomic E-state index is 13.0. The second-order valence-corrected chi connectivity index (χ2v) is 8.26. The van der Waals surface area contributed by atoms with Gasteiger partial charge in [-0.2, -0.15) is 4.31 Å². The van der Waals surface area contributed by atoms with E-state index in [2.05, 4.69) is 11.9 Å². The fourth-order valence-corrected chi connectivity index (χ4v) is 5.03. The molecular weight excluding hydrogens is 284 g/mol. The van der Waals surface area contributed by atoms with Gasteiger partial charge in [-0.1, -0.05) is 17.7 Å². The third-order valence-corrected chi connectivity index (χ3v) is 6.57. The van der Waals surface area contributed by atoms with E-state index in [1.54, 1.807) is 12.1 Å². The molecule has 0 N–H and O–H groups in total. The average Bonchev–Trinajstić information content (AvgIpc) is 3.26. The zero-order valence-electron chi connectivity index (χ0n) is 12.8. The van der Waals surface area contributed by atoms with Crippen molar-refractivity contribution in [2.75, 3.05) is 20.1 Å². The molecule has 0 bridgehead atoms. The van der Waals surface area contributed by atoms with E-state index in [0.717, 1.165) is 44.3 Å². The molecule has 116 valence electrons. The summed E-state index contributed by atoms with van der Waals surface area (Å²) in [6.07, 6.45) is 3.91. The molecule has 1 aromatic rings. The predicted molar refractivity (Wildman–Crippen MR) is 83.7 cm³/mol. The lowest BCUT2D eigenvalue weighted by Crippen LogP contribution is -2.47. The summed E-state index contributed by atoms with van der Waals surface area (Å²) in [5.74, 6) is 0. The largest absolute Gasteiger partial charge is 0.306 e. The van der Waals surface area contributed by atoms with Crippen LogP contribution in [0.5, 0.6) is 0 Å². The molecule has 1 saturated carbocycles. The Balaban J connectivity index is 1.87. The van der Waals surface area contributed by atoms with Crippen LogP contribution in [0, 0.1) is 6.92 Å². The third-order valence-electron chi connectivity index (χ3n) is 4.55. The summed E-state index contributed by atoms with van der Waals surface area (Å²) < 4.78 is 27.9. The molecule has 0 spiro atoms. The summed E-state index contributed by atoms with van der Waals surface area (Å²) in [4.78, 5) is 2.72. The number of sulfonamides is 1. The summed E-state index contributed by atoms with van der Waals surface area (Å²) >= 11 is 0. The van der Waals surface area contributed by atoms with Gasteiger partial charge in [0.05, 0.1) is 4.90 Å². The van der Waals surface area contributed by atoms with Gasteiger partial charge in [0.25, 0.3) is 0 Å². The fourth-order valence-electron chi connectivity index (χ4n) is 3.10. The molecule has 1 saturated heterocycles. The Morgan fingerprint density at radius 2 is 1.52 bits per heavy atom. The lowest BCUT2D eigenvalue weighted by molar-refractivity contribution is 0.178. The third kappa shape index (κ3) is 3.15. The Kier molecular flexibility index (Phi) is 4.08. The summed E-state index contributed by atoms with van der Waals surface area (Å²) in [6, 6.07) is 7.65. The van der Waals surface area contributed by atoms with Crippen molar-refractivity contribution in [3.63, 3.8) is 0 Å². The highest BCUT2D eigenvalue weighted by Gasteiger charge is 2.43. The molecule has 0 radical (unpaired) electrons. The van der Waals surface area contributed by atoms with Crippen LogP contribution in [0.15, 0.2) is 29.2 Å². The van der Waals surface area contributed by atoms with E-state index >= 15 is 0 Å². The molecule has 4 nitrogen and oxygen atoms in total. The highest BCUT2D eigenvalue weighted by molar-refractivity contribution is 7.89. The quantitative estimate of drug-likeness (QED) is 0.856. The predicted octanol–water partition coefficient (Wildman–Crippen LogP) is 2.24. The minimum atomic E-state index is -3.36. The Bertz CT molecular complexity index is 585. The van der Waals surface area contributed by atoms with Crippen LogP contribution in [0.1, 0.15) is 31.2 Å². The normalized spacial score (nSPS) is 21.9. The highest BCUT2D eigenvalue weighted by Crippen LogP contribution is 2.36. The second-order valence-electron chi connectivity index (χ2n) is 6.41. The Morgan fingerprint density at radius 1 is 1.00 bits per heavy atom. The van der Waals surface area contributed by atoms with Crippen molar-refractivity contribution in [1.29, 1.82) is 0 Å². The van der Waals surface area contributed by atoms with Crippen molar-refractivity contribution in [2.24, 2.45) is 0 Å². The van der Waals surface area contributed by atoms with E-state index < -0.39 is 10.0 Å². The van der Waals surface area contributed by atoms with E-state index in [1.165, 1.54) is 0 Å². The van der Waals surface area contributed by atoms with Crippen LogP contribution in [-0.4, -0.2) is 49.8 Å². The molecule has 21 heavy (non-hydrogen) atoms. The number of piperidine rings is 1. The van der Waals surface area contributed by atoms with Crippen LogP contribution in [0.25, 0.3) is 0 Å². The molecular formula is C16H24N2O2S. The first-order valence-corrected chi connectivity index (χ1v) is 9.21. The highest BCUT2D eigenvalue weighted by atomic mass is 32.2. The molecule has 0 atom stereocenters. The first-order valence-electron chi connectivity index (χ1n) is 7.77.